The number of halogens is 1. The summed E-state index contributed by atoms with van der Waals surface area (Å²) in [6, 6.07) is 0. The van der Waals surface area contributed by atoms with E-state index in [-0.39, 0.29) is 16.1 Å². The molecule has 1 N–H and O–H groups in total. The lowest BCUT2D eigenvalue weighted by Gasteiger charge is -2.33. The third-order valence-electron chi connectivity index (χ3n) is 3.67. The van der Waals surface area contributed by atoms with Crippen LogP contribution in [0.25, 0.3) is 0 Å². The van der Waals surface area contributed by atoms with Crippen LogP contribution in [0.3, 0.4) is 0 Å². The SMILES string of the molecule is CN(C)CCn1ncc(NCC(C)(C)N(C)C)c(Cl)c1=O. The van der Waals surface area contributed by atoms with Crippen LogP contribution in [0.4, 0.5) is 5.69 Å². The fourth-order valence-electron chi connectivity index (χ4n) is 1.51. The molecule has 0 aromatic carbocycles. The largest absolute Gasteiger partial charge is 0.381 e. The maximum atomic E-state index is 12.2. The number of rotatable bonds is 7. The normalized spacial score (nSPS) is 12.2. The molecule has 0 fully saturated rings. The zero-order chi connectivity index (χ0) is 16.2. The van der Waals surface area contributed by atoms with Crippen LogP contribution in [-0.4, -0.2) is 66.4 Å². The van der Waals surface area contributed by atoms with Crippen molar-refractivity contribution in [1.29, 1.82) is 0 Å². The van der Waals surface area contributed by atoms with Crippen molar-refractivity contribution >= 4 is 17.3 Å². The predicted octanol–water partition coefficient (Wildman–Crippen LogP) is 1.21. The molecule has 6 nitrogen and oxygen atoms in total. The summed E-state index contributed by atoms with van der Waals surface area (Å²) in [7, 11) is 7.93. The maximum Gasteiger partial charge on any atom is 0.287 e. The van der Waals surface area contributed by atoms with E-state index < -0.39 is 0 Å². The third-order valence-corrected chi connectivity index (χ3v) is 4.03. The molecule has 0 radical (unpaired) electrons. The second-order valence-corrected chi connectivity index (χ2v) is 6.64. The van der Waals surface area contributed by atoms with Gasteiger partial charge in [0.05, 0.1) is 18.4 Å². The first-order valence-electron chi connectivity index (χ1n) is 6.97. The van der Waals surface area contributed by atoms with Crippen LogP contribution in [0.1, 0.15) is 13.8 Å². The standard InChI is InChI=1S/C14H26ClN5O/c1-14(2,19(5)6)10-16-11-9-17-20(8-7-18(3)4)13(21)12(11)15/h9,16H,7-8,10H2,1-6H3. The highest BCUT2D eigenvalue weighted by Crippen LogP contribution is 2.18. The lowest BCUT2D eigenvalue weighted by molar-refractivity contribution is 0.210. The molecule has 1 aromatic heterocycles. The van der Waals surface area contributed by atoms with Crippen LogP contribution in [0.2, 0.25) is 5.02 Å². The second kappa shape index (κ2) is 7.24. The molecular formula is C14H26ClN5O. The molecule has 0 aliphatic heterocycles. The first kappa shape index (κ1) is 17.9. The zero-order valence-corrected chi connectivity index (χ0v) is 14.5. The molecule has 1 aromatic rings. The first-order valence-corrected chi connectivity index (χ1v) is 7.34. The Kier molecular flexibility index (Phi) is 6.19. The van der Waals surface area contributed by atoms with E-state index in [0.717, 1.165) is 6.54 Å². The van der Waals surface area contributed by atoms with Crippen molar-refractivity contribution in [2.45, 2.75) is 25.9 Å². The van der Waals surface area contributed by atoms with E-state index in [4.69, 9.17) is 11.6 Å². The molecule has 1 heterocycles. The molecule has 7 heteroatoms. The molecule has 21 heavy (non-hydrogen) atoms. The number of anilines is 1. The monoisotopic (exact) mass is 315 g/mol. The van der Waals surface area contributed by atoms with Gasteiger partial charge in [-0.1, -0.05) is 11.6 Å². The Morgan fingerprint density at radius 1 is 1.33 bits per heavy atom. The summed E-state index contributed by atoms with van der Waals surface area (Å²) in [6.07, 6.45) is 1.62. The van der Waals surface area contributed by atoms with Crippen LogP contribution < -0.4 is 10.9 Å². The number of likely N-dealkylation sites (N-methyl/N-ethyl adjacent to an activating group) is 2. The maximum absolute atomic E-state index is 12.2. The molecule has 1 rings (SSSR count). The zero-order valence-electron chi connectivity index (χ0n) is 13.8. The molecule has 0 aliphatic rings. The second-order valence-electron chi connectivity index (χ2n) is 6.26. The summed E-state index contributed by atoms with van der Waals surface area (Å²) in [5.41, 5.74) is 0.271. The van der Waals surface area contributed by atoms with Gasteiger partial charge >= 0.3 is 0 Å². The van der Waals surface area contributed by atoms with Gasteiger partial charge in [-0.2, -0.15) is 5.10 Å². The highest BCUT2D eigenvalue weighted by atomic mass is 35.5. The minimum atomic E-state index is -0.258. The van der Waals surface area contributed by atoms with E-state index in [2.05, 4.69) is 29.2 Å². The fraction of sp³-hybridized carbons (Fsp3) is 0.714. The van der Waals surface area contributed by atoms with Crippen molar-refractivity contribution in [2.24, 2.45) is 0 Å². The molecular weight excluding hydrogens is 290 g/mol. The van der Waals surface area contributed by atoms with E-state index in [1.807, 2.05) is 33.1 Å². The highest BCUT2D eigenvalue weighted by Gasteiger charge is 2.21. The van der Waals surface area contributed by atoms with Crippen LogP contribution in [0, 0.1) is 0 Å². The summed E-state index contributed by atoms with van der Waals surface area (Å²) in [6.45, 7) is 6.15. The van der Waals surface area contributed by atoms with Gasteiger partial charge in [0, 0.05) is 18.6 Å². The number of nitrogens with one attached hydrogen (secondary N) is 1. The summed E-state index contributed by atoms with van der Waals surface area (Å²) in [5.74, 6) is 0. The van der Waals surface area contributed by atoms with Gasteiger partial charge in [0.2, 0.25) is 0 Å². The van der Waals surface area contributed by atoms with Gasteiger partial charge < -0.3 is 15.1 Å². The number of aromatic nitrogens is 2. The molecule has 0 amide bonds. The fourth-order valence-corrected chi connectivity index (χ4v) is 1.73. The third kappa shape index (κ3) is 4.98. The van der Waals surface area contributed by atoms with Crippen LogP contribution in [0.15, 0.2) is 11.0 Å². The van der Waals surface area contributed by atoms with Crippen LogP contribution in [-0.2, 0) is 6.54 Å². The Hall–Kier alpha value is -1.11. The van der Waals surface area contributed by atoms with Gasteiger partial charge in [0.1, 0.15) is 5.02 Å². The van der Waals surface area contributed by atoms with Crippen molar-refractivity contribution in [3.05, 3.63) is 21.6 Å². The van der Waals surface area contributed by atoms with Crippen LogP contribution >= 0.6 is 11.6 Å². The number of hydrogen-bond acceptors (Lipinski definition) is 5. The average molecular weight is 316 g/mol. The van der Waals surface area contributed by atoms with E-state index in [9.17, 15) is 4.79 Å². The Bertz CT molecular complexity index is 525. The lowest BCUT2D eigenvalue weighted by Crippen LogP contribution is -2.44. The van der Waals surface area contributed by atoms with E-state index in [1.54, 1.807) is 6.20 Å². The van der Waals surface area contributed by atoms with Crippen molar-refractivity contribution in [3.63, 3.8) is 0 Å². The number of hydrogen-bond donors (Lipinski definition) is 1. The van der Waals surface area contributed by atoms with Crippen molar-refractivity contribution in [1.82, 2.24) is 19.6 Å². The Morgan fingerprint density at radius 3 is 2.48 bits per heavy atom. The van der Waals surface area contributed by atoms with Crippen molar-refractivity contribution in [2.75, 3.05) is 46.6 Å². The Balaban J connectivity index is 2.83. The predicted molar refractivity (Wildman–Crippen MR) is 88.3 cm³/mol. The first-order chi connectivity index (χ1) is 9.65. The molecule has 0 unspecified atom stereocenters. The van der Waals surface area contributed by atoms with Gasteiger partial charge in [-0.25, -0.2) is 4.68 Å². The molecule has 0 atom stereocenters. The summed E-state index contributed by atoms with van der Waals surface area (Å²) in [5, 5.41) is 7.57. The average Bonchev–Trinajstić information content (AvgIpc) is 2.39. The van der Waals surface area contributed by atoms with Gasteiger partial charge in [-0.05, 0) is 42.0 Å². The molecule has 0 saturated carbocycles. The minimum Gasteiger partial charge on any atom is -0.381 e. The quantitative estimate of drug-likeness (QED) is 0.819. The lowest BCUT2D eigenvalue weighted by atomic mass is 10.0. The van der Waals surface area contributed by atoms with Crippen molar-refractivity contribution < 1.29 is 0 Å². The summed E-state index contributed by atoms with van der Waals surface area (Å²) < 4.78 is 1.39. The topological polar surface area (TPSA) is 53.4 Å². The summed E-state index contributed by atoms with van der Waals surface area (Å²) in [4.78, 5) is 16.3. The van der Waals surface area contributed by atoms with Crippen LogP contribution in [0.5, 0.6) is 0 Å². The molecule has 0 saturated heterocycles. The Labute approximate surface area is 131 Å². The van der Waals surface area contributed by atoms with Gasteiger partial charge in [-0.15, -0.1) is 0 Å². The Morgan fingerprint density at radius 2 is 1.95 bits per heavy atom. The molecule has 120 valence electrons. The molecule has 0 bridgehead atoms. The van der Waals surface area contributed by atoms with Gasteiger partial charge in [0.15, 0.2) is 0 Å². The van der Waals surface area contributed by atoms with E-state index in [0.29, 0.717) is 18.8 Å². The molecule has 0 aliphatic carbocycles. The van der Waals surface area contributed by atoms with E-state index in [1.165, 1.54) is 4.68 Å². The number of nitrogens with zero attached hydrogens (tertiary/aromatic N) is 4. The van der Waals surface area contributed by atoms with Crippen molar-refractivity contribution in [3.8, 4) is 0 Å². The summed E-state index contributed by atoms with van der Waals surface area (Å²) >= 11 is 6.16. The van der Waals surface area contributed by atoms with Gasteiger partial charge in [-0.3, -0.25) is 4.79 Å². The molecule has 0 spiro atoms. The highest BCUT2D eigenvalue weighted by molar-refractivity contribution is 6.32. The van der Waals surface area contributed by atoms with Gasteiger partial charge in [0.25, 0.3) is 5.56 Å². The minimum absolute atomic E-state index is 0.0525. The smallest absolute Gasteiger partial charge is 0.287 e. The van der Waals surface area contributed by atoms with E-state index >= 15 is 0 Å².